The lowest BCUT2D eigenvalue weighted by atomic mass is 10.1. The second-order valence-corrected chi connectivity index (χ2v) is 8.55. The van der Waals surface area contributed by atoms with Crippen LogP contribution in [0.25, 0.3) is 5.69 Å². The van der Waals surface area contributed by atoms with E-state index >= 15 is 0 Å². The molecule has 0 spiro atoms. The monoisotopic (exact) mass is 412 g/mol. The summed E-state index contributed by atoms with van der Waals surface area (Å²) >= 11 is 7.23. The lowest BCUT2D eigenvalue weighted by molar-refractivity contribution is 0.0598. The van der Waals surface area contributed by atoms with Crippen LogP contribution in [0.3, 0.4) is 0 Å². The van der Waals surface area contributed by atoms with Crippen molar-refractivity contribution in [3.63, 3.8) is 0 Å². The fraction of sp³-hybridized carbons (Fsp3) is 0.333. The number of aryl methyl sites for hydroxylation is 2. The Labute approximate surface area is 174 Å². The van der Waals surface area contributed by atoms with Crippen LogP contribution >= 0.6 is 23.6 Å². The van der Waals surface area contributed by atoms with Crippen LogP contribution in [-0.2, 0) is 6.67 Å². The van der Waals surface area contributed by atoms with Gasteiger partial charge in [-0.05, 0) is 49.1 Å². The quantitative estimate of drug-likeness (QED) is 0.605. The first kappa shape index (κ1) is 19.1. The number of amides is 1. The molecule has 1 fully saturated rings. The van der Waals surface area contributed by atoms with E-state index in [1.807, 2.05) is 34.8 Å². The molecule has 4 rings (SSSR count). The number of nitrogens with zero attached hydrogens (tertiary/aromatic N) is 4. The molecular weight excluding hydrogens is 388 g/mol. The lowest BCUT2D eigenvalue weighted by Crippen LogP contribution is -2.48. The third kappa shape index (κ3) is 3.83. The predicted octanol–water partition coefficient (Wildman–Crippen LogP) is 4.10. The molecule has 2 aromatic heterocycles. The van der Waals surface area contributed by atoms with E-state index < -0.39 is 0 Å². The molecule has 3 aromatic rings. The van der Waals surface area contributed by atoms with Crippen LogP contribution in [-0.4, -0.2) is 51.0 Å². The molecule has 0 saturated carbocycles. The highest BCUT2D eigenvalue weighted by Crippen LogP contribution is 2.18. The van der Waals surface area contributed by atoms with Gasteiger partial charge in [-0.15, -0.1) is 11.3 Å². The van der Waals surface area contributed by atoms with Crippen molar-refractivity contribution in [2.45, 2.75) is 20.5 Å². The van der Waals surface area contributed by atoms with Gasteiger partial charge in [-0.3, -0.25) is 14.3 Å². The maximum Gasteiger partial charge on any atom is 0.264 e. The second-order valence-electron chi connectivity index (χ2n) is 7.24. The highest BCUT2D eigenvalue weighted by molar-refractivity contribution is 7.71. The number of thiophene rings is 1. The van der Waals surface area contributed by atoms with Crippen molar-refractivity contribution >= 4 is 29.5 Å². The first-order valence-electron chi connectivity index (χ1n) is 9.43. The molecule has 1 aromatic carbocycles. The first-order chi connectivity index (χ1) is 13.5. The minimum atomic E-state index is 0.146. The van der Waals surface area contributed by atoms with Gasteiger partial charge in [0, 0.05) is 38.6 Å². The Hall–Kier alpha value is -2.22. The zero-order valence-electron chi connectivity index (χ0n) is 16.2. The van der Waals surface area contributed by atoms with Crippen LogP contribution in [0.5, 0.6) is 0 Å². The van der Waals surface area contributed by atoms with Crippen LogP contribution < -0.4 is 0 Å². The Bertz CT molecular complexity index is 1030. The summed E-state index contributed by atoms with van der Waals surface area (Å²) in [5, 5.41) is 1.95. The van der Waals surface area contributed by atoms with E-state index in [1.54, 1.807) is 0 Å². The highest BCUT2D eigenvalue weighted by Gasteiger charge is 2.23. The van der Waals surface area contributed by atoms with Crippen molar-refractivity contribution in [3.05, 3.63) is 68.9 Å². The van der Waals surface area contributed by atoms with Gasteiger partial charge < -0.3 is 9.47 Å². The number of aromatic nitrogens is 2. The van der Waals surface area contributed by atoms with E-state index in [0.717, 1.165) is 48.2 Å². The third-order valence-electron chi connectivity index (χ3n) is 5.20. The van der Waals surface area contributed by atoms with E-state index in [9.17, 15) is 4.79 Å². The summed E-state index contributed by atoms with van der Waals surface area (Å²) in [6, 6.07) is 10.2. The normalized spacial score (nSPS) is 15.1. The Morgan fingerprint density at radius 1 is 1.11 bits per heavy atom. The maximum absolute atomic E-state index is 12.5. The molecule has 0 bridgehead atoms. The van der Waals surface area contributed by atoms with Gasteiger partial charge >= 0.3 is 0 Å². The Morgan fingerprint density at radius 2 is 1.89 bits per heavy atom. The summed E-state index contributed by atoms with van der Waals surface area (Å²) in [7, 11) is 0. The fourth-order valence-corrected chi connectivity index (χ4v) is 4.61. The van der Waals surface area contributed by atoms with Crippen LogP contribution in [0.1, 0.15) is 20.8 Å². The van der Waals surface area contributed by atoms with Gasteiger partial charge in [0.25, 0.3) is 5.91 Å². The molecule has 1 aliphatic heterocycles. The molecule has 146 valence electrons. The number of rotatable bonds is 4. The average Bonchev–Trinajstić information content (AvgIpc) is 3.34. The van der Waals surface area contributed by atoms with Gasteiger partial charge in [0.1, 0.15) is 0 Å². The molecule has 1 saturated heterocycles. The summed E-state index contributed by atoms with van der Waals surface area (Å²) in [4.78, 5) is 17.6. The average molecular weight is 413 g/mol. The highest BCUT2D eigenvalue weighted by atomic mass is 32.1. The molecule has 1 amide bonds. The van der Waals surface area contributed by atoms with Gasteiger partial charge in [-0.25, -0.2) is 0 Å². The largest absolute Gasteiger partial charge is 0.335 e. The van der Waals surface area contributed by atoms with Crippen molar-refractivity contribution in [3.8, 4) is 5.69 Å². The van der Waals surface area contributed by atoms with Gasteiger partial charge in [0.15, 0.2) is 4.77 Å². The summed E-state index contributed by atoms with van der Waals surface area (Å²) < 4.78 is 4.97. The Kier molecular flexibility index (Phi) is 5.48. The maximum atomic E-state index is 12.5. The summed E-state index contributed by atoms with van der Waals surface area (Å²) in [5.74, 6) is 0.146. The van der Waals surface area contributed by atoms with Gasteiger partial charge in [0.05, 0.1) is 17.2 Å². The van der Waals surface area contributed by atoms with Crippen LogP contribution in [0, 0.1) is 18.6 Å². The molecule has 1 aliphatic rings. The molecular formula is C21H24N4OS2. The van der Waals surface area contributed by atoms with Crippen molar-refractivity contribution in [2.75, 3.05) is 26.2 Å². The molecule has 0 atom stereocenters. The standard InChI is InChI=1S/C21H24N4OS2/c1-16-5-6-18(17(2)14-16)25-12-11-24(21(25)27)15-22-7-9-23(10-8-22)20(26)19-4-3-13-28-19/h3-6,11-14H,7-10,15H2,1-2H3. The molecule has 0 aliphatic carbocycles. The van der Waals surface area contributed by atoms with Gasteiger partial charge in [-0.1, -0.05) is 23.8 Å². The zero-order chi connectivity index (χ0) is 19.7. The van der Waals surface area contributed by atoms with Crippen molar-refractivity contribution in [1.82, 2.24) is 18.9 Å². The molecule has 5 nitrogen and oxygen atoms in total. The number of piperazine rings is 1. The number of carbonyl (C=O) groups excluding carboxylic acids is 1. The van der Waals surface area contributed by atoms with Crippen molar-refractivity contribution in [1.29, 1.82) is 0 Å². The van der Waals surface area contributed by atoms with Gasteiger partial charge in [-0.2, -0.15) is 0 Å². The minimum absolute atomic E-state index is 0.146. The number of imidazole rings is 1. The topological polar surface area (TPSA) is 33.4 Å². The summed E-state index contributed by atoms with van der Waals surface area (Å²) in [6.45, 7) is 8.18. The van der Waals surface area contributed by atoms with E-state index in [2.05, 4.69) is 46.1 Å². The fourth-order valence-electron chi connectivity index (χ4n) is 3.64. The van der Waals surface area contributed by atoms with Crippen LogP contribution in [0.15, 0.2) is 48.1 Å². The third-order valence-corrected chi connectivity index (χ3v) is 6.49. The number of hydrogen-bond acceptors (Lipinski definition) is 4. The summed E-state index contributed by atoms with van der Waals surface area (Å²) in [5.41, 5.74) is 3.59. The molecule has 28 heavy (non-hydrogen) atoms. The molecule has 0 unspecified atom stereocenters. The number of benzene rings is 1. The summed E-state index contributed by atoms with van der Waals surface area (Å²) in [6.07, 6.45) is 4.08. The lowest BCUT2D eigenvalue weighted by Gasteiger charge is -2.34. The SMILES string of the molecule is Cc1ccc(-n2ccn(CN3CCN(C(=O)c4cccs4)CC3)c2=S)c(C)c1. The molecule has 0 N–H and O–H groups in total. The van der Waals surface area contributed by atoms with Gasteiger partial charge in [0.2, 0.25) is 0 Å². The Morgan fingerprint density at radius 3 is 2.57 bits per heavy atom. The van der Waals surface area contributed by atoms with Crippen molar-refractivity contribution < 1.29 is 4.79 Å². The number of hydrogen-bond donors (Lipinski definition) is 0. The minimum Gasteiger partial charge on any atom is -0.335 e. The molecule has 3 heterocycles. The molecule has 0 radical (unpaired) electrons. The van der Waals surface area contributed by atoms with E-state index in [-0.39, 0.29) is 5.91 Å². The predicted molar refractivity (Wildman–Crippen MR) is 116 cm³/mol. The smallest absolute Gasteiger partial charge is 0.264 e. The Balaban J connectivity index is 1.42. The molecule has 7 heteroatoms. The van der Waals surface area contributed by atoms with E-state index in [0.29, 0.717) is 0 Å². The number of carbonyl (C=O) groups is 1. The van der Waals surface area contributed by atoms with Crippen molar-refractivity contribution in [2.24, 2.45) is 0 Å². The zero-order valence-corrected chi connectivity index (χ0v) is 17.8. The first-order valence-corrected chi connectivity index (χ1v) is 10.7. The van der Waals surface area contributed by atoms with E-state index in [1.165, 1.54) is 22.5 Å². The van der Waals surface area contributed by atoms with Crippen LogP contribution in [0.2, 0.25) is 0 Å². The van der Waals surface area contributed by atoms with E-state index in [4.69, 9.17) is 12.2 Å². The second kappa shape index (κ2) is 8.03. The van der Waals surface area contributed by atoms with Crippen LogP contribution in [0.4, 0.5) is 0 Å².